The van der Waals surface area contributed by atoms with Gasteiger partial charge in [-0.25, -0.2) is 4.79 Å². The van der Waals surface area contributed by atoms with E-state index in [0.29, 0.717) is 11.4 Å². The summed E-state index contributed by atoms with van der Waals surface area (Å²) in [5.74, 6) is -1.75. The van der Waals surface area contributed by atoms with E-state index in [1.54, 1.807) is 24.3 Å². The normalized spacial score (nSPS) is 18.8. The number of methoxy groups -OCH3 is 1. The molecule has 1 heterocycles. The third-order valence-corrected chi connectivity index (χ3v) is 4.35. The maximum Gasteiger partial charge on any atom is 0.321 e. The van der Waals surface area contributed by atoms with Crippen LogP contribution in [0.1, 0.15) is 19.3 Å². The number of carbonyl (C=O) groups excluding carboxylic acids is 4. The SMILES string of the molecule is COc1ccccc1N1C[C@H](C(=O)OCC(=O)NC(=O)NC2CC2)CC1=O. The highest BCUT2D eigenvalue weighted by Crippen LogP contribution is 2.33. The van der Waals surface area contributed by atoms with Crippen LogP contribution >= 0.6 is 0 Å². The van der Waals surface area contributed by atoms with Crippen molar-refractivity contribution in [1.82, 2.24) is 10.6 Å². The standard InChI is InChI=1S/C18H21N3O6/c1-26-14-5-3-2-4-13(14)21-9-11(8-16(21)23)17(24)27-10-15(22)20-18(25)19-12-6-7-12/h2-5,11-12H,6-10H2,1H3,(H2,19,20,22,25)/t11-/m1/s1. The van der Waals surface area contributed by atoms with E-state index in [1.807, 2.05) is 0 Å². The van der Waals surface area contributed by atoms with Gasteiger partial charge < -0.3 is 19.7 Å². The van der Waals surface area contributed by atoms with Crippen molar-refractivity contribution < 1.29 is 28.7 Å². The van der Waals surface area contributed by atoms with Gasteiger partial charge in [0.05, 0.1) is 18.7 Å². The molecule has 144 valence electrons. The number of urea groups is 1. The predicted molar refractivity (Wildman–Crippen MR) is 94.1 cm³/mol. The number of amides is 4. The Bertz CT molecular complexity index is 761. The van der Waals surface area contributed by atoms with Gasteiger partial charge in [0.1, 0.15) is 5.75 Å². The lowest BCUT2D eigenvalue weighted by atomic mass is 10.1. The molecule has 1 atom stereocenters. The first kappa shape index (κ1) is 18.7. The van der Waals surface area contributed by atoms with E-state index in [9.17, 15) is 19.2 Å². The highest BCUT2D eigenvalue weighted by molar-refractivity contribution is 6.01. The van der Waals surface area contributed by atoms with Gasteiger partial charge >= 0.3 is 12.0 Å². The Labute approximate surface area is 156 Å². The van der Waals surface area contributed by atoms with Crippen LogP contribution in [0.25, 0.3) is 0 Å². The highest BCUT2D eigenvalue weighted by atomic mass is 16.5. The molecule has 2 aliphatic rings. The lowest BCUT2D eigenvalue weighted by molar-refractivity contribution is -0.152. The van der Waals surface area contributed by atoms with Crippen molar-refractivity contribution in [2.45, 2.75) is 25.3 Å². The number of carbonyl (C=O) groups is 4. The van der Waals surface area contributed by atoms with Gasteiger partial charge in [0, 0.05) is 19.0 Å². The monoisotopic (exact) mass is 375 g/mol. The molecule has 2 N–H and O–H groups in total. The van der Waals surface area contributed by atoms with Gasteiger partial charge in [0.15, 0.2) is 6.61 Å². The maximum absolute atomic E-state index is 12.3. The topological polar surface area (TPSA) is 114 Å². The summed E-state index contributed by atoms with van der Waals surface area (Å²) in [7, 11) is 1.50. The second-order valence-corrected chi connectivity index (χ2v) is 6.48. The van der Waals surface area contributed by atoms with E-state index in [4.69, 9.17) is 9.47 Å². The molecule has 0 radical (unpaired) electrons. The molecule has 0 aromatic heterocycles. The van der Waals surface area contributed by atoms with Crippen molar-refractivity contribution in [2.75, 3.05) is 25.2 Å². The average molecular weight is 375 g/mol. The van der Waals surface area contributed by atoms with Crippen LogP contribution in [-0.2, 0) is 19.1 Å². The second kappa shape index (κ2) is 8.07. The summed E-state index contributed by atoms with van der Waals surface area (Å²) in [6.45, 7) is -0.432. The minimum atomic E-state index is -0.715. The Hall–Kier alpha value is -3.10. The van der Waals surface area contributed by atoms with E-state index in [-0.39, 0.29) is 24.9 Å². The molecule has 1 aliphatic carbocycles. The number of anilines is 1. The van der Waals surface area contributed by atoms with Gasteiger partial charge in [-0.3, -0.25) is 19.7 Å². The van der Waals surface area contributed by atoms with Crippen molar-refractivity contribution in [2.24, 2.45) is 5.92 Å². The van der Waals surface area contributed by atoms with E-state index in [1.165, 1.54) is 12.0 Å². The largest absolute Gasteiger partial charge is 0.495 e. The van der Waals surface area contributed by atoms with Crippen LogP contribution in [0.5, 0.6) is 5.75 Å². The minimum absolute atomic E-state index is 0.0132. The Kier molecular flexibility index (Phi) is 5.58. The summed E-state index contributed by atoms with van der Waals surface area (Å²) >= 11 is 0. The summed E-state index contributed by atoms with van der Waals surface area (Å²) < 4.78 is 10.2. The fourth-order valence-electron chi connectivity index (χ4n) is 2.82. The lowest BCUT2D eigenvalue weighted by Gasteiger charge is -2.19. The Morgan fingerprint density at radius 1 is 1.22 bits per heavy atom. The second-order valence-electron chi connectivity index (χ2n) is 6.48. The number of imide groups is 1. The van der Waals surface area contributed by atoms with Crippen LogP contribution in [0.15, 0.2) is 24.3 Å². The first-order valence-electron chi connectivity index (χ1n) is 8.68. The molecule has 0 unspecified atom stereocenters. The number of rotatable bonds is 6. The molecule has 1 aromatic carbocycles. The molecule has 1 aromatic rings. The molecular weight excluding hydrogens is 354 g/mol. The van der Waals surface area contributed by atoms with Crippen molar-refractivity contribution >= 4 is 29.5 Å². The fourth-order valence-corrected chi connectivity index (χ4v) is 2.82. The molecular formula is C18H21N3O6. The molecule has 9 nitrogen and oxygen atoms in total. The van der Waals surface area contributed by atoms with Gasteiger partial charge in [-0.05, 0) is 25.0 Å². The molecule has 2 fully saturated rings. The summed E-state index contributed by atoms with van der Waals surface area (Å²) in [5, 5.41) is 4.69. The predicted octanol–water partition coefficient (Wildman–Crippen LogP) is 0.579. The summed E-state index contributed by atoms with van der Waals surface area (Å²) in [4.78, 5) is 49.1. The van der Waals surface area contributed by atoms with Crippen LogP contribution in [0.4, 0.5) is 10.5 Å². The van der Waals surface area contributed by atoms with E-state index >= 15 is 0 Å². The number of ether oxygens (including phenoxy) is 2. The molecule has 1 aliphatic heterocycles. The van der Waals surface area contributed by atoms with Crippen LogP contribution in [-0.4, -0.2) is 50.1 Å². The zero-order valence-electron chi connectivity index (χ0n) is 14.9. The van der Waals surface area contributed by atoms with Crippen LogP contribution < -0.4 is 20.3 Å². The number of para-hydroxylation sites is 2. The number of esters is 1. The van der Waals surface area contributed by atoms with Crippen molar-refractivity contribution in [3.05, 3.63) is 24.3 Å². The summed E-state index contributed by atoms with van der Waals surface area (Å²) in [6.07, 6.45) is 1.78. The third-order valence-electron chi connectivity index (χ3n) is 4.35. The lowest BCUT2D eigenvalue weighted by Crippen LogP contribution is -2.42. The molecule has 27 heavy (non-hydrogen) atoms. The van der Waals surface area contributed by atoms with E-state index < -0.39 is 30.4 Å². The Morgan fingerprint density at radius 3 is 2.67 bits per heavy atom. The van der Waals surface area contributed by atoms with Crippen LogP contribution in [0, 0.1) is 5.92 Å². The van der Waals surface area contributed by atoms with Crippen molar-refractivity contribution in [3.8, 4) is 5.75 Å². The zero-order chi connectivity index (χ0) is 19.4. The number of nitrogens with one attached hydrogen (secondary N) is 2. The Morgan fingerprint density at radius 2 is 1.96 bits per heavy atom. The number of hydrogen-bond donors (Lipinski definition) is 2. The summed E-state index contributed by atoms with van der Waals surface area (Å²) in [6, 6.07) is 6.53. The van der Waals surface area contributed by atoms with Gasteiger partial charge in [0.2, 0.25) is 5.91 Å². The Balaban J connectivity index is 1.50. The number of benzene rings is 1. The van der Waals surface area contributed by atoms with E-state index in [2.05, 4.69) is 10.6 Å². The molecule has 0 spiro atoms. The van der Waals surface area contributed by atoms with Gasteiger partial charge in [-0.15, -0.1) is 0 Å². The average Bonchev–Trinajstić information content (AvgIpc) is 3.38. The highest BCUT2D eigenvalue weighted by Gasteiger charge is 2.37. The van der Waals surface area contributed by atoms with Crippen LogP contribution in [0.3, 0.4) is 0 Å². The number of nitrogens with zero attached hydrogens (tertiary/aromatic N) is 1. The first-order valence-corrected chi connectivity index (χ1v) is 8.68. The van der Waals surface area contributed by atoms with Crippen molar-refractivity contribution in [3.63, 3.8) is 0 Å². The van der Waals surface area contributed by atoms with Crippen molar-refractivity contribution in [1.29, 1.82) is 0 Å². The van der Waals surface area contributed by atoms with Gasteiger partial charge in [-0.1, -0.05) is 12.1 Å². The maximum atomic E-state index is 12.3. The molecule has 4 amide bonds. The summed E-state index contributed by atoms with van der Waals surface area (Å²) in [5.41, 5.74) is 0.579. The fraction of sp³-hybridized carbons (Fsp3) is 0.444. The molecule has 1 saturated heterocycles. The molecule has 9 heteroatoms. The molecule has 3 rings (SSSR count). The smallest absolute Gasteiger partial charge is 0.321 e. The zero-order valence-corrected chi connectivity index (χ0v) is 14.9. The molecule has 1 saturated carbocycles. The number of hydrogen-bond acceptors (Lipinski definition) is 6. The van der Waals surface area contributed by atoms with Gasteiger partial charge in [0.25, 0.3) is 5.91 Å². The quantitative estimate of drug-likeness (QED) is 0.703. The first-order chi connectivity index (χ1) is 13.0. The molecule has 0 bridgehead atoms. The minimum Gasteiger partial charge on any atom is -0.495 e. The van der Waals surface area contributed by atoms with Crippen LogP contribution in [0.2, 0.25) is 0 Å². The third kappa shape index (κ3) is 4.75. The van der Waals surface area contributed by atoms with E-state index in [0.717, 1.165) is 12.8 Å². The van der Waals surface area contributed by atoms with Gasteiger partial charge in [-0.2, -0.15) is 0 Å².